The summed E-state index contributed by atoms with van der Waals surface area (Å²) in [4.78, 5) is 11.8. The van der Waals surface area contributed by atoms with Crippen LogP contribution in [-0.4, -0.2) is 19.7 Å². The molecule has 0 aliphatic rings. The number of hydrogen-bond acceptors (Lipinski definition) is 3. The van der Waals surface area contributed by atoms with Gasteiger partial charge in [-0.15, -0.1) is 6.58 Å². The Morgan fingerprint density at radius 1 is 1.14 bits per heavy atom. The molecule has 0 aliphatic carbocycles. The first-order valence-electron chi connectivity index (χ1n) is 7.70. The van der Waals surface area contributed by atoms with Crippen molar-refractivity contribution >= 4 is 5.97 Å². The fourth-order valence-electron chi connectivity index (χ4n) is 2.10. The van der Waals surface area contributed by atoms with Crippen molar-refractivity contribution in [3.8, 4) is 5.75 Å². The van der Waals surface area contributed by atoms with Crippen molar-refractivity contribution in [3.63, 3.8) is 0 Å². The van der Waals surface area contributed by atoms with Gasteiger partial charge in [0.05, 0.1) is 19.3 Å². The second kappa shape index (κ2) is 11.0. The molecule has 0 saturated heterocycles. The maximum atomic E-state index is 11.8. The van der Waals surface area contributed by atoms with Crippen LogP contribution in [0.2, 0.25) is 0 Å². The molecular weight excluding hydrogens is 264 g/mol. The van der Waals surface area contributed by atoms with Crippen molar-refractivity contribution in [1.29, 1.82) is 0 Å². The minimum Gasteiger partial charge on any atom is -0.497 e. The minimum absolute atomic E-state index is 0.278. The van der Waals surface area contributed by atoms with Gasteiger partial charge in [-0.3, -0.25) is 0 Å². The summed E-state index contributed by atoms with van der Waals surface area (Å²) in [6, 6.07) is 7.04. The summed E-state index contributed by atoms with van der Waals surface area (Å²) in [5, 5.41) is 0. The summed E-state index contributed by atoms with van der Waals surface area (Å²) in [5.41, 5.74) is 0.541. The van der Waals surface area contributed by atoms with Crippen LogP contribution in [0.15, 0.2) is 36.9 Å². The Morgan fingerprint density at radius 3 is 2.57 bits per heavy atom. The van der Waals surface area contributed by atoms with Crippen LogP contribution in [-0.2, 0) is 4.74 Å². The van der Waals surface area contributed by atoms with Crippen molar-refractivity contribution < 1.29 is 14.3 Å². The molecule has 0 heterocycles. The Kier molecular flexibility index (Phi) is 9.01. The van der Waals surface area contributed by atoms with E-state index in [1.54, 1.807) is 25.3 Å². The number of hydrogen-bond donors (Lipinski definition) is 0. The average Bonchev–Trinajstić information content (AvgIpc) is 2.53. The molecule has 0 aromatic heterocycles. The molecule has 0 amide bonds. The lowest BCUT2D eigenvalue weighted by atomic mass is 10.1. The van der Waals surface area contributed by atoms with Gasteiger partial charge in [0.25, 0.3) is 0 Å². The number of esters is 1. The van der Waals surface area contributed by atoms with E-state index in [2.05, 4.69) is 6.58 Å². The molecule has 0 N–H and O–H groups in total. The van der Waals surface area contributed by atoms with Gasteiger partial charge < -0.3 is 9.47 Å². The zero-order valence-corrected chi connectivity index (χ0v) is 13.0. The number of carbonyl (C=O) groups excluding carboxylic acids is 1. The number of methoxy groups -OCH3 is 1. The largest absolute Gasteiger partial charge is 0.497 e. The third-order valence-corrected chi connectivity index (χ3v) is 3.34. The van der Waals surface area contributed by atoms with E-state index in [1.807, 2.05) is 12.1 Å². The summed E-state index contributed by atoms with van der Waals surface area (Å²) in [5.74, 6) is 0.392. The van der Waals surface area contributed by atoms with Gasteiger partial charge in [0.2, 0.25) is 0 Å². The quantitative estimate of drug-likeness (QED) is 0.334. The Morgan fingerprint density at radius 2 is 1.86 bits per heavy atom. The monoisotopic (exact) mass is 290 g/mol. The van der Waals surface area contributed by atoms with Crippen molar-refractivity contribution in [1.82, 2.24) is 0 Å². The maximum Gasteiger partial charge on any atom is 0.338 e. The maximum absolute atomic E-state index is 11.8. The van der Waals surface area contributed by atoms with E-state index in [-0.39, 0.29) is 5.97 Å². The van der Waals surface area contributed by atoms with Crippen LogP contribution in [0.4, 0.5) is 0 Å². The first-order valence-corrected chi connectivity index (χ1v) is 7.70. The predicted octanol–water partition coefficient (Wildman–Crippen LogP) is 4.77. The van der Waals surface area contributed by atoms with Gasteiger partial charge in [-0.2, -0.15) is 0 Å². The van der Waals surface area contributed by atoms with Crippen LogP contribution in [0, 0.1) is 0 Å². The molecule has 0 bridgehead atoms. The smallest absolute Gasteiger partial charge is 0.338 e. The number of benzene rings is 1. The lowest BCUT2D eigenvalue weighted by Crippen LogP contribution is -2.06. The van der Waals surface area contributed by atoms with Gasteiger partial charge in [0.15, 0.2) is 0 Å². The van der Waals surface area contributed by atoms with Crippen molar-refractivity contribution in [3.05, 3.63) is 42.5 Å². The van der Waals surface area contributed by atoms with Gasteiger partial charge >= 0.3 is 5.97 Å². The highest BCUT2D eigenvalue weighted by Gasteiger charge is 2.07. The molecule has 0 aliphatic heterocycles. The third-order valence-electron chi connectivity index (χ3n) is 3.34. The van der Waals surface area contributed by atoms with E-state index in [0.29, 0.717) is 17.9 Å². The Balaban J connectivity index is 2.09. The summed E-state index contributed by atoms with van der Waals surface area (Å²) in [6.45, 7) is 4.20. The van der Waals surface area contributed by atoms with Gasteiger partial charge in [0, 0.05) is 0 Å². The van der Waals surface area contributed by atoms with E-state index in [1.165, 1.54) is 25.7 Å². The van der Waals surface area contributed by atoms with Gasteiger partial charge in [-0.05, 0) is 37.5 Å². The lowest BCUT2D eigenvalue weighted by Gasteiger charge is -2.06. The number of rotatable bonds is 11. The first kappa shape index (κ1) is 17.3. The second-order valence-electron chi connectivity index (χ2n) is 5.07. The molecule has 21 heavy (non-hydrogen) atoms. The minimum atomic E-state index is -0.278. The highest BCUT2D eigenvalue weighted by Crippen LogP contribution is 2.14. The average molecular weight is 290 g/mol. The van der Waals surface area contributed by atoms with E-state index >= 15 is 0 Å². The van der Waals surface area contributed by atoms with Gasteiger partial charge in [0.1, 0.15) is 5.75 Å². The van der Waals surface area contributed by atoms with Crippen LogP contribution in [0.3, 0.4) is 0 Å². The third kappa shape index (κ3) is 7.54. The SMILES string of the molecule is C=CCCCCCCCCOC(=O)c1cccc(OC)c1. The molecule has 1 aromatic carbocycles. The summed E-state index contributed by atoms with van der Waals surface area (Å²) < 4.78 is 10.4. The zero-order chi connectivity index (χ0) is 15.3. The van der Waals surface area contributed by atoms with E-state index in [9.17, 15) is 4.79 Å². The summed E-state index contributed by atoms with van der Waals surface area (Å²) >= 11 is 0. The molecule has 3 heteroatoms. The van der Waals surface area contributed by atoms with Gasteiger partial charge in [-0.1, -0.05) is 37.8 Å². The molecule has 0 atom stereocenters. The Bertz CT molecular complexity index is 426. The number of allylic oxidation sites excluding steroid dienone is 1. The molecule has 0 saturated carbocycles. The van der Waals surface area contributed by atoms with Crippen LogP contribution < -0.4 is 4.74 Å². The van der Waals surface area contributed by atoms with E-state index in [0.717, 1.165) is 19.3 Å². The Labute approximate surface area is 128 Å². The first-order chi connectivity index (χ1) is 10.3. The summed E-state index contributed by atoms with van der Waals surface area (Å²) in [6.07, 6.45) is 10.1. The van der Waals surface area contributed by atoms with E-state index in [4.69, 9.17) is 9.47 Å². The van der Waals surface area contributed by atoms with Crippen LogP contribution >= 0.6 is 0 Å². The molecule has 0 fully saturated rings. The van der Waals surface area contributed by atoms with Gasteiger partial charge in [-0.25, -0.2) is 4.79 Å². The molecule has 1 aromatic rings. The molecule has 0 radical (unpaired) electrons. The fraction of sp³-hybridized carbons (Fsp3) is 0.500. The normalized spacial score (nSPS) is 10.1. The fourth-order valence-corrected chi connectivity index (χ4v) is 2.10. The summed E-state index contributed by atoms with van der Waals surface area (Å²) in [7, 11) is 1.58. The molecule has 0 unspecified atom stereocenters. The van der Waals surface area contributed by atoms with Crippen molar-refractivity contribution in [2.45, 2.75) is 44.9 Å². The molecule has 0 spiro atoms. The molecule has 1 rings (SSSR count). The van der Waals surface area contributed by atoms with Crippen molar-refractivity contribution in [2.24, 2.45) is 0 Å². The molecule has 116 valence electrons. The van der Waals surface area contributed by atoms with Crippen LogP contribution in [0.1, 0.15) is 55.3 Å². The van der Waals surface area contributed by atoms with E-state index < -0.39 is 0 Å². The number of carbonyl (C=O) groups is 1. The highest BCUT2D eigenvalue weighted by molar-refractivity contribution is 5.89. The van der Waals surface area contributed by atoms with Crippen LogP contribution in [0.25, 0.3) is 0 Å². The topological polar surface area (TPSA) is 35.5 Å². The second-order valence-corrected chi connectivity index (χ2v) is 5.07. The Hall–Kier alpha value is -1.77. The van der Waals surface area contributed by atoms with Crippen molar-refractivity contribution in [2.75, 3.05) is 13.7 Å². The predicted molar refractivity (Wildman–Crippen MR) is 85.8 cm³/mol. The lowest BCUT2D eigenvalue weighted by molar-refractivity contribution is 0.0497. The molecule has 3 nitrogen and oxygen atoms in total. The molecular formula is C18H26O3. The highest BCUT2D eigenvalue weighted by atomic mass is 16.5. The van der Waals surface area contributed by atoms with Crippen LogP contribution in [0.5, 0.6) is 5.75 Å². The number of unbranched alkanes of at least 4 members (excludes halogenated alkanes) is 6. The zero-order valence-electron chi connectivity index (χ0n) is 13.0. The standard InChI is InChI=1S/C18H26O3/c1-3-4-5-6-7-8-9-10-14-21-18(19)16-12-11-13-17(15-16)20-2/h3,11-13,15H,1,4-10,14H2,2H3. The number of ether oxygens (including phenoxy) is 2.